The van der Waals surface area contributed by atoms with Crippen molar-refractivity contribution in [2.24, 2.45) is 5.41 Å². The van der Waals surface area contributed by atoms with Crippen LogP contribution in [0.1, 0.15) is 27.2 Å². The second-order valence-electron chi connectivity index (χ2n) is 5.66. The molecule has 108 valence electrons. The molecule has 1 unspecified atom stereocenters. The highest BCUT2D eigenvalue weighted by atomic mass is 32.2. The van der Waals surface area contributed by atoms with Gasteiger partial charge < -0.3 is 10.1 Å². The highest BCUT2D eigenvalue weighted by Crippen LogP contribution is 2.20. The first kappa shape index (κ1) is 15.9. The second kappa shape index (κ2) is 5.85. The van der Waals surface area contributed by atoms with E-state index in [9.17, 15) is 18.3 Å². The van der Waals surface area contributed by atoms with Crippen molar-refractivity contribution in [2.45, 2.75) is 38.2 Å². The Labute approximate surface area is 112 Å². The molecule has 0 saturated carbocycles. The number of aliphatic hydroxyl groups excluding tert-OH is 1. The van der Waals surface area contributed by atoms with Crippen LogP contribution < -0.4 is 10.3 Å². The monoisotopic (exact) mass is 288 g/mol. The molecule has 1 aromatic rings. The number of hydrogen-bond donors (Lipinski definition) is 3. The van der Waals surface area contributed by atoms with E-state index >= 15 is 0 Å². The summed E-state index contributed by atoms with van der Waals surface area (Å²) in [7, 11) is -3.71. The molecule has 0 saturated heterocycles. The van der Waals surface area contributed by atoms with Gasteiger partial charge in [0, 0.05) is 18.8 Å². The van der Waals surface area contributed by atoms with Gasteiger partial charge in [0.25, 0.3) is 0 Å². The van der Waals surface area contributed by atoms with Gasteiger partial charge in [-0.15, -0.1) is 0 Å². The van der Waals surface area contributed by atoms with Gasteiger partial charge >= 0.3 is 0 Å². The van der Waals surface area contributed by atoms with Crippen molar-refractivity contribution in [3.63, 3.8) is 0 Å². The minimum atomic E-state index is -3.71. The molecule has 0 spiro atoms. The normalized spacial score (nSPS) is 14.3. The van der Waals surface area contributed by atoms with Gasteiger partial charge in [-0.2, -0.15) is 0 Å². The van der Waals surface area contributed by atoms with Crippen LogP contribution in [0.25, 0.3) is 0 Å². The highest BCUT2D eigenvalue weighted by molar-refractivity contribution is 7.89. The number of hydrogen-bond acceptors (Lipinski definition) is 4. The maximum atomic E-state index is 11.9. The average Bonchev–Trinajstić information content (AvgIpc) is 2.25. The van der Waals surface area contributed by atoms with Crippen molar-refractivity contribution in [1.82, 2.24) is 9.71 Å². The van der Waals surface area contributed by atoms with Crippen molar-refractivity contribution in [2.75, 3.05) is 6.54 Å². The third-order valence-electron chi connectivity index (χ3n) is 2.42. The molecule has 0 fully saturated rings. The predicted octanol–water partition coefficient (Wildman–Crippen LogP) is 0.450. The minimum absolute atomic E-state index is 0.0324. The molecule has 0 radical (unpaired) electrons. The molecular weight excluding hydrogens is 268 g/mol. The molecule has 1 heterocycles. The van der Waals surface area contributed by atoms with Gasteiger partial charge in [-0.1, -0.05) is 20.8 Å². The lowest BCUT2D eigenvalue weighted by Gasteiger charge is -2.22. The summed E-state index contributed by atoms with van der Waals surface area (Å²) in [5, 5.41) is 9.75. The summed E-state index contributed by atoms with van der Waals surface area (Å²) < 4.78 is 26.1. The summed E-state index contributed by atoms with van der Waals surface area (Å²) in [5.74, 6) is 0. The molecular formula is C12H20N2O4S. The smallest absolute Gasteiger partial charge is 0.247 e. The average molecular weight is 288 g/mol. The summed E-state index contributed by atoms with van der Waals surface area (Å²) >= 11 is 0. The van der Waals surface area contributed by atoms with E-state index in [1.807, 2.05) is 20.8 Å². The van der Waals surface area contributed by atoms with Crippen LogP contribution >= 0.6 is 0 Å². The van der Waals surface area contributed by atoms with E-state index in [1.165, 1.54) is 6.07 Å². The Morgan fingerprint density at radius 2 is 2.00 bits per heavy atom. The zero-order valence-corrected chi connectivity index (χ0v) is 12.1. The molecule has 0 aliphatic heterocycles. The fraction of sp³-hybridized carbons (Fsp3) is 0.583. The third-order valence-corrected chi connectivity index (χ3v) is 3.84. The molecule has 0 amide bonds. The molecule has 1 atom stereocenters. The van der Waals surface area contributed by atoms with E-state index < -0.39 is 16.1 Å². The van der Waals surface area contributed by atoms with Crippen LogP contribution in [0.4, 0.5) is 0 Å². The standard InChI is InChI=1S/C12H20N2O4S/c1-12(2,3)6-9(15)7-14-19(17,18)10-4-5-11(16)13-8-10/h4-5,8-9,14-15H,6-7H2,1-3H3,(H,13,16). The Balaban J connectivity index is 2.66. The molecule has 19 heavy (non-hydrogen) atoms. The van der Waals surface area contributed by atoms with E-state index in [0.717, 1.165) is 12.3 Å². The molecule has 1 aromatic heterocycles. The first-order chi connectivity index (χ1) is 8.60. The van der Waals surface area contributed by atoms with Crippen LogP contribution in [0.15, 0.2) is 28.0 Å². The number of aliphatic hydroxyl groups is 1. The van der Waals surface area contributed by atoms with Crippen LogP contribution in [-0.4, -0.2) is 31.2 Å². The summed E-state index contributed by atoms with van der Waals surface area (Å²) in [5.41, 5.74) is -0.449. The van der Waals surface area contributed by atoms with Crippen molar-refractivity contribution in [1.29, 1.82) is 0 Å². The van der Waals surface area contributed by atoms with Crippen LogP contribution in [-0.2, 0) is 10.0 Å². The second-order valence-corrected chi connectivity index (χ2v) is 7.43. The first-order valence-electron chi connectivity index (χ1n) is 5.97. The Kier molecular flexibility index (Phi) is 4.89. The van der Waals surface area contributed by atoms with Crippen molar-refractivity contribution >= 4 is 10.0 Å². The molecule has 0 aliphatic rings. The number of aromatic nitrogens is 1. The number of H-pyrrole nitrogens is 1. The summed E-state index contributed by atoms with van der Waals surface area (Å²) in [6.07, 6.45) is 0.861. The molecule has 0 aromatic carbocycles. The van der Waals surface area contributed by atoms with Crippen LogP contribution in [0, 0.1) is 5.41 Å². The van der Waals surface area contributed by atoms with Gasteiger partial charge in [-0.05, 0) is 17.9 Å². The number of pyridine rings is 1. The Bertz CT molecular complexity index is 552. The van der Waals surface area contributed by atoms with Crippen LogP contribution in [0.5, 0.6) is 0 Å². The van der Waals surface area contributed by atoms with Crippen LogP contribution in [0.3, 0.4) is 0 Å². The Hall–Kier alpha value is -1.18. The predicted molar refractivity (Wildman–Crippen MR) is 72.3 cm³/mol. The summed E-state index contributed by atoms with van der Waals surface area (Å²) in [4.78, 5) is 13.1. The zero-order valence-electron chi connectivity index (χ0n) is 11.3. The quantitative estimate of drug-likeness (QED) is 0.732. The van der Waals surface area contributed by atoms with Gasteiger partial charge in [0.2, 0.25) is 15.6 Å². The first-order valence-corrected chi connectivity index (χ1v) is 7.45. The van der Waals surface area contributed by atoms with E-state index in [-0.39, 0.29) is 22.4 Å². The lowest BCUT2D eigenvalue weighted by molar-refractivity contribution is 0.125. The summed E-state index contributed by atoms with van der Waals surface area (Å²) in [6.45, 7) is 5.84. The van der Waals surface area contributed by atoms with Crippen molar-refractivity contribution in [3.05, 3.63) is 28.7 Å². The lowest BCUT2D eigenvalue weighted by atomic mass is 9.89. The maximum Gasteiger partial charge on any atom is 0.247 e. The Morgan fingerprint density at radius 3 is 2.47 bits per heavy atom. The zero-order chi connectivity index (χ0) is 14.7. The SMILES string of the molecule is CC(C)(C)CC(O)CNS(=O)(=O)c1ccc(=O)[nH]c1. The van der Waals surface area contributed by atoms with Crippen molar-refractivity contribution < 1.29 is 13.5 Å². The van der Waals surface area contributed by atoms with E-state index in [2.05, 4.69) is 9.71 Å². The number of aromatic amines is 1. The molecule has 0 bridgehead atoms. The third kappa shape index (κ3) is 5.54. The van der Waals surface area contributed by atoms with Gasteiger partial charge in [0.05, 0.1) is 11.0 Å². The van der Waals surface area contributed by atoms with E-state index in [1.54, 1.807) is 0 Å². The van der Waals surface area contributed by atoms with Gasteiger partial charge in [-0.25, -0.2) is 13.1 Å². The molecule has 7 heteroatoms. The summed E-state index contributed by atoms with van der Waals surface area (Å²) in [6, 6.07) is 2.36. The molecule has 0 aliphatic carbocycles. The topological polar surface area (TPSA) is 99.3 Å². The number of nitrogens with one attached hydrogen (secondary N) is 2. The fourth-order valence-corrected chi connectivity index (χ4v) is 2.67. The number of sulfonamides is 1. The molecule has 3 N–H and O–H groups in total. The van der Waals surface area contributed by atoms with Gasteiger partial charge in [0.15, 0.2) is 0 Å². The Morgan fingerprint density at radius 1 is 1.37 bits per heavy atom. The minimum Gasteiger partial charge on any atom is -0.392 e. The van der Waals surface area contributed by atoms with Crippen LogP contribution in [0.2, 0.25) is 0 Å². The van der Waals surface area contributed by atoms with E-state index in [4.69, 9.17) is 0 Å². The van der Waals surface area contributed by atoms with Gasteiger partial charge in [-0.3, -0.25) is 4.79 Å². The molecule has 6 nitrogen and oxygen atoms in total. The molecule has 1 rings (SSSR count). The van der Waals surface area contributed by atoms with Crippen molar-refractivity contribution in [3.8, 4) is 0 Å². The highest BCUT2D eigenvalue weighted by Gasteiger charge is 2.20. The van der Waals surface area contributed by atoms with Gasteiger partial charge in [0.1, 0.15) is 0 Å². The number of rotatable bonds is 5. The largest absolute Gasteiger partial charge is 0.392 e. The lowest BCUT2D eigenvalue weighted by Crippen LogP contribution is -2.34. The maximum absolute atomic E-state index is 11.9. The van der Waals surface area contributed by atoms with E-state index in [0.29, 0.717) is 6.42 Å². The fourth-order valence-electron chi connectivity index (χ4n) is 1.63.